The van der Waals surface area contributed by atoms with Crippen molar-refractivity contribution < 1.29 is 14.3 Å². The SMILES string of the molecule is CN(C[C@H]1CC[C@H](C(=O)N2CCN(c3cccnc3)CC2)CC1)C(=O)OC(C)(C)C. The molecule has 30 heavy (non-hydrogen) atoms. The number of anilines is 1. The van der Waals surface area contributed by atoms with Crippen LogP contribution in [-0.2, 0) is 9.53 Å². The summed E-state index contributed by atoms with van der Waals surface area (Å²) in [4.78, 5) is 35.4. The summed E-state index contributed by atoms with van der Waals surface area (Å²) in [5.74, 6) is 0.867. The molecule has 0 atom stereocenters. The van der Waals surface area contributed by atoms with Crippen LogP contribution in [0.1, 0.15) is 46.5 Å². The van der Waals surface area contributed by atoms with Gasteiger partial charge in [0.25, 0.3) is 0 Å². The van der Waals surface area contributed by atoms with Crippen molar-refractivity contribution in [2.45, 2.75) is 52.1 Å². The molecule has 1 aromatic heterocycles. The van der Waals surface area contributed by atoms with E-state index in [9.17, 15) is 9.59 Å². The van der Waals surface area contributed by atoms with Crippen molar-refractivity contribution >= 4 is 17.7 Å². The maximum absolute atomic E-state index is 13.0. The number of hydrogen-bond acceptors (Lipinski definition) is 5. The number of hydrogen-bond donors (Lipinski definition) is 0. The lowest BCUT2D eigenvalue weighted by atomic mass is 9.81. The van der Waals surface area contributed by atoms with E-state index in [2.05, 4.69) is 16.0 Å². The number of aromatic nitrogens is 1. The second kappa shape index (κ2) is 9.67. The molecule has 0 bridgehead atoms. The molecular weight excluding hydrogens is 380 g/mol. The van der Waals surface area contributed by atoms with E-state index in [0.29, 0.717) is 18.4 Å². The molecule has 2 fully saturated rings. The quantitative estimate of drug-likeness (QED) is 0.753. The summed E-state index contributed by atoms with van der Waals surface area (Å²) in [5.41, 5.74) is 0.649. The van der Waals surface area contributed by atoms with Crippen molar-refractivity contribution in [1.82, 2.24) is 14.8 Å². The average Bonchev–Trinajstić information content (AvgIpc) is 2.73. The first-order chi connectivity index (χ1) is 14.2. The Bertz CT molecular complexity index is 703. The number of amides is 2. The van der Waals surface area contributed by atoms with E-state index in [1.807, 2.05) is 37.9 Å². The Labute approximate surface area is 180 Å². The molecule has 0 unspecified atom stereocenters. The number of nitrogens with zero attached hydrogens (tertiary/aromatic N) is 4. The van der Waals surface area contributed by atoms with Crippen molar-refractivity contribution in [2.75, 3.05) is 44.7 Å². The van der Waals surface area contributed by atoms with Gasteiger partial charge in [-0.15, -0.1) is 0 Å². The number of piperazine rings is 1. The highest BCUT2D eigenvalue weighted by atomic mass is 16.6. The fraction of sp³-hybridized carbons (Fsp3) is 0.696. The number of pyridine rings is 1. The second-order valence-electron chi connectivity index (χ2n) is 9.60. The third-order valence-corrected chi connectivity index (χ3v) is 6.04. The summed E-state index contributed by atoms with van der Waals surface area (Å²) >= 11 is 0. The largest absolute Gasteiger partial charge is 0.444 e. The van der Waals surface area contributed by atoms with E-state index in [1.54, 1.807) is 18.1 Å². The van der Waals surface area contributed by atoms with E-state index in [-0.39, 0.29) is 12.0 Å². The highest BCUT2D eigenvalue weighted by Gasteiger charge is 2.32. The van der Waals surface area contributed by atoms with Crippen LogP contribution < -0.4 is 4.90 Å². The van der Waals surface area contributed by atoms with Gasteiger partial charge >= 0.3 is 6.09 Å². The summed E-state index contributed by atoms with van der Waals surface area (Å²) in [6.45, 7) is 9.59. The molecule has 3 rings (SSSR count). The van der Waals surface area contributed by atoms with Crippen LogP contribution in [0, 0.1) is 11.8 Å². The van der Waals surface area contributed by atoms with Crippen LogP contribution in [0.25, 0.3) is 0 Å². The Hall–Kier alpha value is -2.31. The third kappa shape index (κ3) is 6.09. The zero-order valence-corrected chi connectivity index (χ0v) is 18.8. The van der Waals surface area contributed by atoms with Gasteiger partial charge in [-0.05, 0) is 64.5 Å². The Morgan fingerprint density at radius 3 is 2.37 bits per heavy atom. The Morgan fingerprint density at radius 2 is 1.80 bits per heavy atom. The lowest BCUT2D eigenvalue weighted by molar-refractivity contribution is -0.137. The van der Waals surface area contributed by atoms with Crippen LogP contribution in [0.3, 0.4) is 0 Å². The molecule has 2 heterocycles. The Kier molecular flexibility index (Phi) is 7.21. The molecule has 2 amide bonds. The Morgan fingerprint density at radius 1 is 1.13 bits per heavy atom. The normalized spacial score (nSPS) is 22.5. The molecule has 1 saturated carbocycles. The van der Waals surface area contributed by atoms with Gasteiger partial charge in [-0.25, -0.2) is 4.79 Å². The van der Waals surface area contributed by atoms with Crippen LogP contribution in [0.5, 0.6) is 0 Å². The molecular formula is C23H36N4O3. The molecule has 7 heteroatoms. The van der Waals surface area contributed by atoms with Gasteiger partial charge in [0.1, 0.15) is 5.60 Å². The fourth-order valence-corrected chi connectivity index (χ4v) is 4.38. The van der Waals surface area contributed by atoms with E-state index in [1.165, 1.54) is 0 Å². The smallest absolute Gasteiger partial charge is 0.410 e. The minimum atomic E-state index is -0.476. The maximum Gasteiger partial charge on any atom is 0.410 e. The van der Waals surface area contributed by atoms with Gasteiger partial charge in [0.05, 0.1) is 11.9 Å². The molecule has 0 aromatic carbocycles. The Balaban J connectivity index is 1.41. The van der Waals surface area contributed by atoms with Crippen molar-refractivity contribution in [3.63, 3.8) is 0 Å². The molecule has 1 saturated heterocycles. The number of carbonyl (C=O) groups excluding carboxylic acids is 2. The third-order valence-electron chi connectivity index (χ3n) is 6.04. The standard InChI is InChI=1S/C23H36N4O3/c1-23(2,3)30-22(29)25(4)17-18-7-9-19(10-8-18)21(28)27-14-12-26(13-15-27)20-6-5-11-24-16-20/h5-6,11,16,18-19H,7-10,12-15,17H2,1-4H3/t18-,19-. The highest BCUT2D eigenvalue weighted by molar-refractivity contribution is 5.79. The lowest BCUT2D eigenvalue weighted by Crippen LogP contribution is -2.51. The van der Waals surface area contributed by atoms with Gasteiger partial charge in [-0.1, -0.05) is 0 Å². The first-order valence-corrected chi connectivity index (χ1v) is 11.1. The minimum absolute atomic E-state index is 0.123. The average molecular weight is 417 g/mol. The van der Waals surface area contributed by atoms with Crippen molar-refractivity contribution in [3.8, 4) is 0 Å². The van der Waals surface area contributed by atoms with Gasteiger partial charge < -0.3 is 19.4 Å². The van der Waals surface area contributed by atoms with Crippen molar-refractivity contribution in [2.24, 2.45) is 11.8 Å². The van der Waals surface area contributed by atoms with Crippen molar-refractivity contribution in [1.29, 1.82) is 0 Å². The van der Waals surface area contributed by atoms with Gasteiger partial charge in [0.15, 0.2) is 0 Å². The number of carbonyl (C=O) groups is 2. The number of ether oxygens (including phenoxy) is 1. The lowest BCUT2D eigenvalue weighted by Gasteiger charge is -2.39. The molecule has 1 aliphatic heterocycles. The van der Waals surface area contributed by atoms with Crippen molar-refractivity contribution in [3.05, 3.63) is 24.5 Å². The first kappa shape index (κ1) is 22.4. The molecule has 2 aliphatic rings. The first-order valence-electron chi connectivity index (χ1n) is 11.1. The summed E-state index contributed by atoms with van der Waals surface area (Å²) in [6, 6.07) is 4.02. The molecule has 166 valence electrons. The van der Waals surface area contributed by atoms with Crippen LogP contribution in [0.2, 0.25) is 0 Å². The summed E-state index contributed by atoms with van der Waals surface area (Å²) in [6.07, 6.45) is 7.19. The topological polar surface area (TPSA) is 66.0 Å². The summed E-state index contributed by atoms with van der Waals surface area (Å²) in [5, 5.41) is 0. The molecule has 0 radical (unpaired) electrons. The molecule has 0 N–H and O–H groups in total. The molecule has 0 spiro atoms. The molecule has 1 aromatic rings. The van der Waals surface area contributed by atoms with E-state index in [0.717, 1.165) is 57.5 Å². The predicted molar refractivity (Wildman–Crippen MR) is 117 cm³/mol. The zero-order chi connectivity index (χ0) is 21.7. The summed E-state index contributed by atoms with van der Waals surface area (Å²) < 4.78 is 5.44. The van der Waals surface area contributed by atoms with E-state index >= 15 is 0 Å². The van der Waals surface area contributed by atoms with Gasteiger partial charge in [-0.3, -0.25) is 9.78 Å². The van der Waals surface area contributed by atoms with Crippen LogP contribution >= 0.6 is 0 Å². The predicted octanol–water partition coefficient (Wildman–Crippen LogP) is 3.40. The molecule has 1 aliphatic carbocycles. The van der Waals surface area contributed by atoms with Crippen LogP contribution in [-0.4, -0.2) is 72.2 Å². The van der Waals surface area contributed by atoms with Crippen LogP contribution in [0.4, 0.5) is 10.5 Å². The monoisotopic (exact) mass is 416 g/mol. The van der Waals surface area contributed by atoms with E-state index in [4.69, 9.17) is 4.74 Å². The molecule has 7 nitrogen and oxygen atoms in total. The fourth-order valence-electron chi connectivity index (χ4n) is 4.38. The van der Waals surface area contributed by atoms with Gasteiger partial charge in [-0.2, -0.15) is 0 Å². The summed E-state index contributed by atoms with van der Waals surface area (Å²) in [7, 11) is 1.80. The van der Waals surface area contributed by atoms with Gasteiger partial charge in [0, 0.05) is 51.9 Å². The number of rotatable bonds is 4. The maximum atomic E-state index is 13.0. The highest BCUT2D eigenvalue weighted by Crippen LogP contribution is 2.31. The van der Waals surface area contributed by atoms with Crippen LogP contribution in [0.15, 0.2) is 24.5 Å². The second-order valence-corrected chi connectivity index (χ2v) is 9.60. The van der Waals surface area contributed by atoms with Gasteiger partial charge in [0.2, 0.25) is 5.91 Å². The minimum Gasteiger partial charge on any atom is -0.444 e. The van der Waals surface area contributed by atoms with E-state index < -0.39 is 5.60 Å². The zero-order valence-electron chi connectivity index (χ0n) is 18.8.